The minimum atomic E-state index is -0.787. The maximum Gasteiger partial charge on any atom is 0.337 e. The van der Waals surface area contributed by atoms with Crippen molar-refractivity contribution >= 4 is 27.3 Å². The summed E-state index contributed by atoms with van der Waals surface area (Å²) in [5.74, 6) is -1.45. The van der Waals surface area contributed by atoms with Crippen LogP contribution in [0.4, 0.5) is 8.78 Å². The Labute approximate surface area is 272 Å². The van der Waals surface area contributed by atoms with Crippen molar-refractivity contribution in [3.8, 4) is 16.1 Å². The molecule has 0 aliphatic rings. The van der Waals surface area contributed by atoms with Gasteiger partial charge in [0.15, 0.2) is 0 Å². The number of nitrogens with zero attached hydrogens (tertiary/aromatic N) is 6. The van der Waals surface area contributed by atoms with E-state index in [1.807, 2.05) is 43.1 Å². The number of ketones is 1. The standard InChI is InChI=1S/C35H32F2N6O3S/c1-3-26(44)20-23-12-14-24(15-13-23)32-28(21-40(2)18-19-41-17-16-38-39-41)31-33(45)43(25-8-5-4-6-9-25)35(46)42(34(31)47-32)22-27-29(36)10-7-11-30(27)37/h4-17H,3,18-22H2,1-2H3. The first kappa shape index (κ1) is 31.9. The molecule has 0 radical (unpaired) electrons. The predicted octanol–water partition coefficient (Wildman–Crippen LogP) is 5.45. The molecule has 0 atom stereocenters. The van der Waals surface area contributed by atoms with Crippen LogP contribution in [-0.2, 0) is 30.8 Å². The van der Waals surface area contributed by atoms with Gasteiger partial charge in [0.05, 0.1) is 30.4 Å². The number of hydrogen-bond donors (Lipinski definition) is 0. The topological polar surface area (TPSA) is 95.0 Å². The molecule has 3 heterocycles. The van der Waals surface area contributed by atoms with Crippen molar-refractivity contribution < 1.29 is 13.6 Å². The Morgan fingerprint density at radius 2 is 1.66 bits per heavy atom. The number of aromatic nitrogens is 5. The van der Waals surface area contributed by atoms with E-state index in [2.05, 4.69) is 10.3 Å². The molecule has 0 bridgehead atoms. The van der Waals surface area contributed by atoms with E-state index >= 15 is 0 Å². The van der Waals surface area contributed by atoms with E-state index in [0.717, 1.165) is 32.7 Å². The van der Waals surface area contributed by atoms with Gasteiger partial charge in [-0.05, 0) is 48.0 Å². The van der Waals surface area contributed by atoms with Crippen molar-refractivity contribution in [3.63, 3.8) is 0 Å². The van der Waals surface area contributed by atoms with Crippen LogP contribution in [0.3, 0.4) is 0 Å². The molecule has 0 fully saturated rings. The molecule has 3 aromatic heterocycles. The van der Waals surface area contributed by atoms with Crippen molar-refractivity contribution in [2.45, 2.75) is 39.4 Å². The van der Waals surface area contributed by atoms with Crippen LogP contribution in [0.5, 0.6) is 0 Å². The number of benzene rings is 3. The van der Waals surface area contributed by atoms with Crippen molar-refractivity contribution in [1.82, 2.24) is 29.0 Å². The molecule has 0 spiro atoms. The second-order valence-electron chi connectivity index (χ2n) is 11.3. The number of carbonyl (C=O) groups is 1. The summed E-state index contributed by atoms with van der Waals surface area (Å²) < 4.78 is 34.0. The Balaban J connectivity index is 1.58. The highest BCUT2D eigenvalue weighted by molar-refractivity contribution is 7.22. The summed E-state index contributed by atoms with van der Waals surface area (Å²) in [6.45, 7) is 2.87. The van der Waals surface area contributed by atoms with Gasteiger partial charge < -0.3 is 4.90 Å². The van der Waals surface area contributed by atoms with Gasteiger partial charge in [0.25, 0.3) is 5.56 Å². The van der Waals surface area contributed by atoms with Gasteiger partial charge >= 0.3 is 5.69 Å². The summed E-state index contributed by atoms with van der Waals surface area (Å²) in [5, 5.41) is 8.19. The summed E-state index contributed by atoms with van der Waals surface area (Å²) in [4.78, 5) is 43.8. The number of thiophene rings is 1. The highest BCUT2D eigenvalue weighted by Crippen LogP contribution is 2.38. The first-order valence-electron chi connectivity index (χ1n) is 15.2. The van der Waals surface area contributed by atoms with Gasteiger partial charge in [0.1, 0.15) is 22.2 Å². The lowest BCUT2D eigenvalue weighted by Gasteiger charge is -2.18. The maximum absolute atomic E-state index is 15.0. The number of carbonyl (C=O) groups excluding carboxylic acids is 1. The van der Waals surface area contributed by atoms with E-state index in [1.165, 1.54) is 22.0 Å². The highest BCUT2D eigenvalue weighted by atomic mass is 32.1. The van der Waals surface area contributed by atoms with Gasteiger partial charge in [-0.25, -0.2) is 18.1 Å². The number of likely N-dealkylation sites (N-methyl/N-ethyl adjacent to an activating group) is 1. The van der Waals surface area contributed by atoms with Gasteiger partial charge in [-0.1, -0.05) is 60.7 Å². The second kappa shape index (κ2) is 13.7. The molecule has 12 heteroatoms. The molecule has 240 valence electrons. The third-order valence-corrected chi connectivity index (χ3v) is 9.39. The summed E-state index contributed by atoms with van der Waals surface area (Å²) in [6, 6.07) is 19.6. The predicted molar refractivity (Wildman–Crippen MR) is 178 cm³/mol. The van der Waals surface area contributed by atoms with Gasteiger partial charge in [0, 0.05) is 42.6 Å². The number of para-hydroxylation sites is 1. The lowest BCUT2D eigenvalue weighted by molar-refractivity contribution is -0.118. The van der Waals surface area contributed by atoms with E-state index in [4.69, 9.17) is 0 Å². The average Bonchev–Trinajstić information content (AvgIpc) is 3.73. The van der Waals surface area contributed by atoms with Crippen molar-refractivity contribution in [2.24, 2.45) is 0 Å². The smallest absolute Gasteiger partial charge is 0.300 e. The molecule has 0 aliphatic carbocycles. The zero-order valence-electron chi connectivity index (χ0n) is 25.9. The molecule has 0 unspecified atom stereocenters. The Morgan fingerprint density at radius 3 is 2.32 bits per heavy atom. The molecular formula is C35H32F2N6O3S. The lowest BCUT2D eigenvalue weighted by Crippen LogP contribution is -2.39. The first-order valence-corrected chi connectivity index (χ1v) is 16.0. The molecule has 0 N–H and O–H groups in total. The Bertz CT molecular complexity index is 2140. The van der Waals surface area contributed by atoms with E-state index in [0.29, 0.717) is 53.9 Å². The fourth-order valence-electron chi connectivity index (χ4n) is 5.54. The minimum Gasteiger partial charge on any atom is -0.300 e. The summed E-state index contributed by atoms with van der Waals surface area (Å²) in [5.41, 5.74) is 1.18. The average molecular weight is 655 g/mol. The summed E-state index contributed by atoms with van der Waals surface area (Å²) in [7, 11) is 1.92. The third-order valence-electron chi connectivity index (χ3n) is 8.09. The number of hydrogen-bond acceptors (Lipinski definition) is 7. The summed E-state index contributed by atoms with van der Waals surface area (Å²) >= 11 is 1.23. The first-order chi connectivity index (χ1) is 22.7. The molecule has 0 amide bonds. The van der Waals surface area contributed by atoms with E-state index < -0.39 is 29.4 Å². The number of Topliss-reactive ketones (excluding diaryl/α,β-unsaturated/α-hetero) is 1. The molecule has 6 aromatic rings. The van der Waals surface area contributed by atoms with Crippen LogP contribution in [-0.4, -0.2) is 48.4 Å². The van der Waals surface area contributed by atoms with Crippen LogP contribution in [0.2, 0.25) is 0 Å². The van der Waals surface area contributed by atoms with Crippen LogP contribution in [0.1, 0.15) is 30.0 Å². The van der Waals surface area contributed by atoms with Crippen LogP contribution >= 0.6 is 11.3 Å². The van der Waals surface area contributed by atoms with Crippen LogP contribution < -0.4 is 11.2 Å². The minimum absolute atomic E-state index is 0.125. The Kier molecular flexibility index (Phi) is 9.32. The van der Waals surface area contributed by atoms with Crippen molar-refractivity contribution in [1.29, 1.82) is 0 Å². The monoisotopic (exact) mass is 654 g/mol. The maximum atomic E-state index is 15.0. The second-order valence-corrected chi connectivity index (χ2v) is 12.3. The fraction of sp³-hybridized carbons (Fsp3) is 0.229. The SMILES string of the molecule is CCC(=O)Cc1ccc(-c2sc3c(c2CN(C)CCn2ccnn2)c(=O)n(-c2ccccc2)c(=O)n3Cc2c(F)cccc2F)cc1. The van der Waals surface area contributed by atoms with Crippen LogP contribution in [0, 0.1) is 11.6 Å². The van der Waals surface area contributed by atoms with Crippen LogP contribution in [0.15, 0.2) is 94.8 Å². The van der Waals surface area contributed by atoms with E-state index in [1.54, 1.807) is 47.4 Å². The van der Waals surface area contributed by atoms with E-state index in [9.17, 15) is 23.2 Å². The molecule has 0 saturated carbocycles. The zero-order valence-corrected chi connectivity index (χ0v) is 26.7. The zero-order chi connectivity index (χ0) is 33.1. The fourth-order valence-corrected chi connectivity index (χ4v) is 6.84. The number of halogens is 2. The van der Waals surface area contributed by atoms with Crippen LogP contribution in [0.25, 0.3) is 26.3 Å². The molecule has 0 saturated heterocycles. The van der Waals surface area contributed by atoms with Gasteiger partial charge in [0.2, 0.25) is 0 Å². The van der Waals surface area contributed by atoms with Gasteiger partial charge in [-0.3, -0.25) is 18.8 Å². The third kappa shape index (κ3) is 6.60. The number of fused-ring (bicyclic) bond motifs is 1. The van der Waals surface area contributed by atoms with Crippen molar-refractivity contribution in [3.05, 3.63) is 134 Å². The summed E-state index contributed by atoms with van der Waals surface area (Å²) in [6.07, 6.45) is 4.13. The Hall–Kier alpha value is -5.07. The van der Waals surface area contributed by atoms with Crippen molar-refractivity contribution in [2.75, 3.05) is 13.6 Å². The van der Waals surface area contributed by atoms with Gasteiger partial charge in [-0.15, -0.1) is 16.4 Å². The molecule has 9 nitrogen and oxygen atoms in total. The normalized spacial score (nSPS) is 11.5. The molecular weight excluding hydrogens is 622 g/mol. The van der Waals surface area contributed by atoms with Gasteiger partial charge in [-0.2, -0.15) is 0 Å². The Morgan fingerprint density at radius 1 is 0.936 bits per heavy atom. The molecule has 0 aliphatic heterocycles. The molecule has 3 aromatic carbocycles. The quantitative estimate of drug-likeness (QED) is 0.174. The van der Waals surface area contributed by atoms with E-state index in [-0.39, 0.29) is 11.3 Å². The largest absolute Gasteiger partial charge is 0.337 e. The molecule has 47 heavy (non-hydrogen) atoms. The number of rotatable bonds is 12. The highest BCUT2D eigenvalue weighted by Gasteiger charge is 2.25. The molecule has 6 rings (SSSR count). The lowest BCUT2D eigenvalue weighted by atomic mass is 10.0.